The molecule has 134 valence electrons. The van der Waals surface area contributed by atoms with Gasteiger partial charge in [-0.2, -0.15) is 0 Å². The monoisotopic (exact) mass is 391 g/mol. The summed E-state index contributed by atoms with van der Waals surface area (Å²) in [5.41, 5.74) is 6.55. The number of rotatable bonds is 6. The highest BCUT2D eigenvalue weighted by Crippen LogP contribution is 2.26. The molecule has 2 rings (SSSR count). The summed E-state index contributed by atoms with van der Waals surface area (Å²) in [6.45, 7) is 6.71. The highest BCUT2D eigenvalue weighted by atomic mass is 35.5. The highest BCUT2D eigenvalue weighted by molar-refractivity contribution is 7.13. The van der Waals surface area contributed by atoms with Crippen molar-refractivity contribution in [2.45, 2.75) is 26.3 Å². The fraction of sp³-hybridized carbons (Fsp3) is 0.375. The average molecular weight is 392 g/mol. The predicted octanol–water partition coefficient (Wildman–Crippen LogP) is 3.52. The van der Waals surface area contributed by atoms with E-state index >= 15 is 0 Å². The van der Waals surface area contributed by atoms with Crippen LogP contribution in [0.5, 0.6) is 5.75 Å². The standard InChI is InChI=1S/C16H21N3O2S.2ClH/c1-4-21-12-7-5-11(6-8-12)15-18-13(9-22-15)14(20)19-16(2,3)10-17;;/h5-9H,4,10,17H2,1-3H3,(H,19,20);2*1H. The van der Waals surface area contributed by atoms with Gasteiger partial charge in [-0.1, -0.05) is 0 Å². The number of amides is 1. The van der Waals surface area contributed by atoms with Gasteiger partial charge in [-0.15, -0.1) is 36.2 Å². The van der Waals surface area contributed by atoms with Crippen LogP contribution in [0.4, 0.5) is 0 Å². The SMILES string of the molecule is CCOc1ccc(-c2nc(C(=O)NC(C)(C)CN)cs2)cc1.Cl.Cl. The van der Waals surface area contributed by atoms with Gasteiger partial charge in [0.1, 0.15) is 16.5 Å². The molecule has 0 aliphatic heterocycles. The van der Waals surface area contributed by atoms with Gasteiger partial charge in [-0.25, -0.2) is 4.98 Å². The Kier molecular flexibility index (Phi) is 9.29. The Morgan fingerprint density at radius 3 is 2.46 bits per heavy atom. The second-order valence-corrected chi connectivity index (χ2v) is 6.40. The van der Waals surface area contributed by atoms with Crippen molar-refractivity contribution < 1.29 is 9.53 Å². The summed E-state index contributed by atoms with van der Waals surface area (Å²) in [6.07, 6.45) is 0. The predicted molar refractivity (Wildman–Crippen MR) is 104 cm³/mol. The Balaban J connectivity index is 0.00000264. The Morgan fingerprint density at radius 2 is 1.92 bits per heavy atom. The molecule has 1 amide bonds. The van der Waals surface area contributed by atoms with Crippen LogP contribution in [-0.4, -0.2) is 29.6 Å². The second-order valence-electron chi connectivity index (χ2n) is 5.54. The molecule has 0 bridgehead atoms. The third-order valence-corrected chi connectivity index (χ3v) is 4.00. The van der Waals surface area contributed by atoms with Gasteiger partial charge in [-0.05, 0) is 45.0 Å². The van der Waals surface area contributed by atoms with Gasteiger partial charge in [0.25, 0.3) is 5.91 Å². The van der Waals surface area contributed by atoms with Crippen LogP contribution in [-0.2, 0) is 0 Å². The third kappa shape index (κ3) is 5.94. The van der Waals surface area contributed by atoms with Gasteiger partial charge in [0.2, 0.25) is 0 Å². The first-order valence-corrected chi connectivity index (χ1v) is 8.04. The quantitative estimate of drug-likeness (QED) is 0.789. The van der Waals surface area contributed by atoms with Crippen LogP contribution in [0.15, 0.2) is 29.6 Å². The van der Waals surface area contributed by atoms with E-state index in [9.17, 15) is 4.79 Å². The number of carbonyl (C=O) groups is 1. The van der Waals surface area contributed by atoms with E-state index in [-0.39, 0.29) is 30.7 Å². The van der Waals surface area contributed by atoms with Crippen LogP contribution in [0, 0.1) is 0 Å². The fourth-order valence-electron chi connectivity index (χ4n) is 1.79. The molecular weight excluding hydrogens is 369 g/mol. The lowest BCUT2D eigenvalue weighted by Gasteiger charge is -2.23. The van der Waals surface area contributed by atoms with E-state index in [4.69, 9.17) is 10.5 Å². The van der Waals surface area contributed by atoms with Crippen molar-refractivity contribution >= 4 is 42.1 Å². The van der Waals surface area contributed by atoms with Crippen LogP contribution in [0.2, 0.25) is 0 Å². The molecule has 0 saturated heterocycles. The molecule has 1 aromatic heterocycles. The molecule has 1 heterocycles. The van der Waals surface area contributed by atoms with Gasteiger partial charge in [0, 0.05) is 23.0 Å². The zero-order valence-corrected chi connectivity index (χ0v) is 16.3. The molecule has 5 nitrogen and oxygen atoms in total. The molecule has 0 atom stereocenters. The van der Waals surface area contributed by atoms with Crippen molar-refractivity contribution in [3.8, 4) is 16.3 Å². The van der Waals surface area contributed by atoms with Gasteiger partial charge in [0.05, 0.1) is 6.61 Å². The summed E-state index contributed by atoms with van der Waals surface area (Å²) in [5.74, 6) is 0.620. The normalized spacial score (nSPS) is 10.3. The first-order chi connectivity index (χ1) is 10.4. The van der Waals surface area contributed by atoms with Crippen molar-refractivity contribution in [1.29, 1.82) is 0 Å². The van der Waals surface area contributed by atoms with E-state index in [0.29, 0.717) is 18.8 Å². The molecule has 8 heteroatoms. The third-order valence-electron chi connectivity index (χ3n) is 3.11. The summed E-state index contributed by atoms with van der Waals surface area (Å²) in [7, 11) is 0. The number of nitrogens with two attached hydrogens (primary N) is 1. The van der Waals surface area contributed by atoms with Crippen molar-refractivity contribution in [1.82, 2.24) is 10.3 Å². The van der Waals surface area contributed by atoms with Crippen LogP contribution in [0.1, 0.15) is 31.3 Å². The first-order valence-electron chi connectivity index (χ1n) is 7.16. The lowest BCUT2D eigenvalue weighted by Crippen LogP contribution is -2.48. The number of carbonyl (C=O) groups excluding carboxylic acids is 1. The average Bonchev–Trinajstić information content (AvgIpc) is 2.98. The van der Waals surface area contributed by atoms with Gasteiger partial charge in [-0.3, -0.25) is 4.79 Å². The molecular formula is C16H23Cl2N3O2S. The number of thiazole rings is 1. The number of benzene rings is 1. The van der Waals surface area contributed by atoms with Gasteiger partial charge >= 0.3 is 0 Å². The fourth-order valence-corrected chi connectivity index (χ4v) is 2.60. The van der Waals surface area contributed by atoms with Crippen molar-refractivity contribution in [3.05, 3.63) is 35.3 Å². The smallest absolute Gasteiger partial charge is 0.271 e. The van der Waals surface area contributed by atoms with Gasteiger partial charge < -0.3 is 15.8 Å². The zero-order chi connectivity index (χ0) is 16.2. The Labute approximate surface area is 158 Å². The number of hydrogen-bond donors (Lipinski definition) is 2. The maximum absolute atomic E-state index is 12.2. The molecule has 0 aliphatic rings. The number of ether oxygens (including phenoxy) is 1. The lowest BCUT2D eigenvalue weighted by molar-refractivity contribution is 0.0911. The van der Waals surface area contributed by atoms with E-state index in [1.807, 2.05) is 45.0 Å². The highest BCUT2D eigenvalue weighted by Gasteiger charge is 2.21. The number of hydrogen-bond acceptors (Lipinski definition) is 5. The van der Waals surface area contributed by atoms with Crippen LogP contribution in [0.25, 0.3) is 10.6 Å². The molecule has 0 fully saturated rings. The summed E-state index contributed by atoms with van der Waals surface area (Å²) >= 11 is 1.44. The Morgan fingerprint density at radius 1 is 1.29 bits per heavy atom. The molecule has 0 radical (unpaired) electrons. The van der Waals surface area contributed by atoms with E-state index in [2.05, 4.69) is 10.3 Å². The number of aromatic nitrogens is 1. The number of halogens is 2. The van der Waals surface area contributed by atoms with Crippen LogP contribution < -0.4 is 15.8 Å². The second kappa shape index (κ2) is 9.84. The van der Waals surface area contributed by atoms with Crippen molar-refractivity contribution in [2.24, 2.45) is 5.73 Å². The lowest BCUT2D eigenvalue weighted by atomic mass is 10.1. The molecule has 1 aromatic carbocycles. The van der Waals surface area contributed by atoms with Crippen LogP contribution in [0.3, 0.4) is 0 Å². The van der Waals surface area contributed by atoms with Crippen molar-refractivity contribution in [3.63, 3.8) is 0 Å². The Bertz CT molecular complexity index is 645. The maximum atomic E-state index is 12.2. The number of nitrogens with zero attached hydrogens (tertiary/aromatic N) is 1. The molecule has 24 heavy (non-hydrogen) atoms. The van der Waals surface area contributed by atoms with E-state index < -0.39 is 5.54 Å². The van der Waals surface area contributed by atoms with E-state index in [1.165, 1.54) is 11.3 Å². The summed E-state index contributed by atoms with van der Waals surface area (Å²) < 4.78 is 5.41. The van der Waals surface area contributed by atoms with Crippen LogP contribution >= 0.6 is 36.2 Å². The zero-order valence-electron chi connectivity index (χ0n) is 13.9. The van der Waals surface area contributed by atoms with Gasteiger partial charge in [0.15, 0.2) is 0 Å². The molecule has 3 N–H and O–H groups in total. The minimum atomic E-state index is -0.444. The summed E-state index contributed by atoms with van der Waals surface area (Å²) in [6, 6.07) is 7.68. The van der Waals surface area contributed by atoms with E-state index in [0.717, 1.165) is 16.3 Å². The largest absolute Gasteiger partial charge is 0.494 e. The molecule has 0 saturated carbocycles. The topological polar surface area (TPSA) is 77.2 Å². The number of nitrogens with one attached hydrogen (secondary N) is 1. The summed E-state index contributed by atoms with van der Waals surface area (Å²) in [5, 5.41) is 5.44. The molecule has 0 unspecified atom stereocenters. The molecule has 0 aliphatic carbocycles. The summed E-state index contributed by atoms with van der Waals surface area (Å²) in [4.78, 5) is 16.6. The Hall–Kier alpha value is -1.34. The minimum absolute atomic E-state index is 0. The maximum Gasteiger partial charge on any atom is 0.271 e. The molecule has 2 aromatic rings. The van der Waals surface area contributed by atoms with Crippen molar-refractivity contribution in [2.75, 3.05) is 13.2 Å². The first kappa shape index (κ1) is 22.7. The minimum Gasteiger partial charge on any atom is -0.494 e. The molecule has 0 spiro atoms. The van der Waals surface area contributed by atoms with E-state index in [1.54, 1.807) is 5.38 Å².